The largest absolute Gasteiger partial charge is 0.496 e. The lowest BCUT2D eigenvalue weighted by atomic mass is 10.1. The highest BCUT2D eigenvalue weighted by atomic mass is 79.9. The number of hydrogen-bond donors (Lipinski definition) is 0. The molecule has 1 heterocycles. The molecular formula is C12H10BrN3O4. The number of halogens is 1. The van der Waals surface area contributed by atoms with E-state index in [0.717, 1.165) is 0 Å². The van der Waals surface area contributed by atoms with E-state index < -0.39 is 4.92 Å². The van der Waals surface area contributed by atoms with Crippen LogP contribution in [0, 0.1) is 10.1 Å². The molecule has 0 atom stereocenters. The molecule has 0 unspecified atom stereocenters. The molecule has 8 heteroatoms. The van der Waals surface area contributed by atoms with Crippen LogP contribution in [0.3, 0.4) is 0 Å². The monoisotopic (exact) mass is 339 g/mol. The molecule has 104 valence electrons. The zero-order valence-corrected chi connectivity index (χ0v) is 12.0. The van der Waals surface area contributed by atoms with Gasteiger partial charge in [0.05, 0.1) is 24.9 Å². The molecule has 0 N–H and O–H groups in total. The predicted molar refractivity (Wildman–Crippen MR) is 74.9 cm³/mol. The maximum Gasteiger partial charge on any atom is 0.270 e. The third-order valence-electron chi connectivity index (χ3n) is 2.67. The Balaban J connectivity index is 2.46. The van der Waals surface area contributed by atoms with Crippen LogP contribution in [0.4, 0.5) is 5.69 Å². The molecule has 0 fully saturated rings. The van der Waals surface area contributed by atoms with E-state index in [2.05, 4.69) is 20.9 Å². The number of methoxy groups -OCH3 is 1. The number of aromatic nitrogens is 2. The summed E-state index contributed by atoms with van der Waals surface area (Å²) < 4.78 is 6.81. The second kappa shape index (κ2) is 5.83. The second-order valence-electron chi connectivity index (χ2n) is 3.93. The van der Waals surface area contributed by atoms with Gasteiger partial charge in [-0.2, -0.15) is 0 Å². The van der Waals surface area contributed by atoms with Gasteiger partial charge in [0.25, 0.3) is 11.2 Å². The van der Waals surface area contributed by atoms with Gasteiger partial charge in [-0.25, -0.2) is 4.98 Å². The van der Waals surface area contributed by atoms with Crippen molar-refractivity contribution in [3.63, 3.8) is 0 Å². The van der Waals surface area contributed by atoms with Crippen molar-refractivity contribution in [1.82, 2.24) is 9.55 Å². The molecule has 20 heavy (non-hydrogen) atoms. The molecule has 0 radical (unpaired) electrons. The van der Waals surface area contributed by atoms with Gasteiger partial charge in [0.2, 0.25) is 0 Å². The normalized spacial score (nSPS) is 10.3. The van der Waals surface area contributed by atoms with Crippen molar-refractivity contribution in [3.8, 4) is 5.75 Å². The molecule has 0 bridgehead atoms. The van der Waals surface area contributed by atoms with Gasteiger partial charge in [0.1, 0.15) is 10.2 Å². The minimum atomic E-state index is -0.495. The molecule has 2 rings (SSSR count). The number of non-ortho nitro benzene ring substituents is 1. The quantitative estimate of drug-likeness (QED) is 0.627. The summed E-state index contributed by atoms with van der Waals surface area (Å²) in [5.41, 5.74) is 0.203. The molecule has 0 saturated heterocycles. The first kappa shape index (κ1) is 14.2. The van der Waals surface area contributed by atoms with Crippen LogP contribution in [-0.4, -0.2) is 21.6 Å². The Morgan fingerprint density at radius 3 is 2.90 bits per heavy atom. The predicted octanol–water partition coefficient (Wildman–Crippen LogP) is 1.97. The standard InChI is InChI=1S/C12H10BrN3O4/c1-20-11-3-2-9(16(18)19)4-8(11)6-15-7-14-5-10(13)12(15)17/h2-5,7H,6H2,1H3. The van der Waals surface area contributed by atoms with Gasteiger partial charge in [0.15, 0.2) is 0 Å². The SMILES string of the molecule is COc1ccc([N+](=O)[O-])cc1Cn1cncc(Br)c1=O. The van der Waals surface area contributed by atoms with Crippen molar-refractivity contribution in [2.75, 3.05) is 7.11 Å². The Hall–Kier alpha value is -2.22. The minimum absolute atomic E-state index is 0.0585. The summed E-state index contributed by atoms with van der Waals surface area (Å²) in [6.45, 7) is 0.135. The van der Waals surface area contributed by atoms with Crippen LogP contribution in [0.15, 0.2) is 40.0 Å². The Bertz CT molecular complexity index is 714. The molecule has 7 nitrogen and oxygen atoms in total. The van der Waals surface area contributed by atoms with Crippen molar-refractivity contribution in [3.05, 3.63) is 61.2 Å². The van der Waals surface area contributed by atoms with Crippen molar-refractivity contribution >= 4 is 21.6 Å². The summed E-state index contributed by atoms with van der Waals surface area (Å²) in [5.74, 6) is 0.475. The van der Waals surface area contributed by atoms with E-state index >= 15 is 0 Å². The van der Waals surface area contributed by atoms with Crippen LogP contribution in [0.1, 0.15) is 5.56 Å². The number of benzene rings is 1. The molecule has 0 spiro atoms. The van der Waals surface area contributed by atoms with Gasteiger partial charge in [-0.1, -0.05) is 0 Å². The lowest BCUT2D eigenvalue weighted by molar-refractivity contribution is -0.384. The summed E-state index contributed by atoms with van der Waals surface area (Å²) in [6.07, 6.45) is 2.76. The maximum atomic E-state index is 11.9. The highest BCUT2D eigenvalue weighted by Crippen LogP contribution is 2.24. The van der Waals surface area contributed by atoms with Gasteiger partial charge in [-0.3, -0.25) is 19.5 Å². The van der Waals surface area contributed by atoms with Gasteiger partial charge < -0.3 is 4.74 Å². The molecule has 0 aliphatic heterocycles. The van der Waals surface area contributed by atoms with Gasteiger partial charge >= 0.3 is 0 Å². The van der Waals surface area contributed by atoms with Gasteiger partial charge in [-0.05, 0) is 22.0 Å². The number of nitro benzene ring substituents is 1. The highest BCUT2D eigenvalue weighted by molar-refractivity contribution is 9.10. The topological polar surface area (TPSA) is 87.3 Å². The smallest absolute Gasteiger partial charge is 0.270 e. The number of hydrogen-bond acceptors (Lipinski definition) is 5. The van der Waals surface area contributed by atoms with E-state index in [0.29, 0.717) is 15.8 Å². The highest BCUT2D eigenvalue weighted by Gasteiger charge is 2.12. The van der Waals surface area contributed by atoms with Crippen LogP contribution in [0.2, 0.25) is 0 Å². The number of ether oxygens (including phenoxy) is 1. The zero-order chi connectivity index (χ0) is 14.7. The fourth-order valence-corrected chi connectivity index (χ4v) is 2.07. The molecule has 1 aromatic carbocycles. The van der Waals surface area contributed by atoms with Crippen LogP contribution in [-0.2, 0) is 6.54 Å². The zero-order valence-electron chi connectivity index (χ0n) is 10.4. The first-order chi connectivity index (χ1) is 9.52. The summed E-state index contributed by atoms with van der Waals surface area (Å²) in [7, 11) is 1.46. The first-order valence-corrected chi connectivity index (χ1v) is 6.33. The summed E-state index contributed by atoms with van der Waals surface area (Å²) in [6, 6.07) is 4.24. The first-order valence-electron chi connectivity index (χ1n) is 5.54. The van der Waals surface area contributed by atoms with Gasteiger partial charge in [-0.15, -0.1) is 0 Å². The van der Waals surface area contributed by atoms with Crippen molar-refractivity contribution in [2.45, 2.75) is 6.54 Å². The second-order valence-corrected chi connectivity index (χ2v) is 4.78. The van der Waals surface area contributed by atoms with E-state index in [9.17, 15) is 14.9 Å². The van der Waals surface area contributed by atoms with E-state index in [1.807, 2.05) is 0 Å². The van der Waals surface area contributed by atoms with Crippen LogP contribution < -0.4 is 10.3 Å². The van der Waals surface area contributed by atoms with E-state index in [1.54, 1.807) is 0 Å². The molecule has 1 aromatic heterocycles. The fourth-order valence-electron chi connectivity index (χ4n) is 1.72. The Kier molecular flexibility index (Phi) is 4.14. The summed E-state index contributed by atoms with van der Waals surface area (Å²) in [4.78, 5) is 26.1. The van der Waals surface area contributed by atoms with E-state index in [1.165, 1.54) is 42.4 Å². The summed E-state index contributed by atoms with van der Waals surface area (Å²) >= 11 is 3.10. The van der Waals surface area contributed by atoms with Crippen molar-refractivity contribution < 1.29 is 9.66 Å². The van der Waals surface area contributed by atoms with Crippen LogP contribution in [0.5, 0.6) is 5.75 Å². The Morgan fingerprint density at radius 2 is 2.25 bits per heavy atom. The average molecular weight is 340 g/mol. The maximum absolute atomic E-state index is 11.9. The third-order valence-corrected chi connectivity index (χ3v) is 3.22. The number of rotatable bonds is 4. The van der Waals surface area contributed by atoms with Crippen molar-refractivity contribution in [1.29, 1.82) is 0 Å². The molecule has 0 amide bonds. The average Bonchev–Trinajstić information content (AvgIpc) is 2.43. The lowest BCUT2D eigenvalue weighted by Crippen LogP contribution is -2.21. The number of nitrogens with zero attached hydrogens (tertiary/aromatic N) is 3. The molecular weight excluding hydrogens is 330 g/mol. The Labute approximate surface area is 122 Å². The van der Waals surface area contributed by atoms with E-state index in [-0.39, 0.29) is 17.8 Å². The summed E-state index contributed by atoms with van der Waals surface area (Å²) in [5, 5.41) is 10.8. The molecule has 2 aromatic rings. The lowest BCUT2D eigenvalue weighted by Gasteiger charge is -2.10. The Morgan fingerprint density at radius 1 is 1.50 bits per heavy atom. The molecule has 0 aliphatic carbocycles. The van der Waals surface area contributed by atoms with Gasteiger partial charge in [0, 0.05) is 23.9 Å². The van der Waals surface area contributed by atoms with Crippen molar-refractivity contribution in [2.24, 2.45) is 0 Å². The molecule has 0 saturated carbocycles. The number of nitro groups is 1. The van der Waals surface area contributed by atoms with Crippen LogP contribution in [0.25, 0.3) is 0 Å². The minimum Gasteiger partial charge on any atom is -0.496 e. The molecule has 0 aliphatic rings. The van der Waals surface area contributed by atoms with Crippen LogP contribution >= 0.6 is 15.9 Å². The fraction of sp³-hybridized carbons (Fsp3) is 0.167. The third kappa shape index (κ3) is 2.85. The van der Waals surface area contributed by atoms with E-state index in [4.69, 9.17) is 4.74 Å².